The van der Waals surface area contributed by atoms with E-state index in [1.807, 2.05) is 4.98 Å². The number of para-hydroxylation sites is 1. The van der Waals surface area contributed by atoms with Gasteiger partial charge in [0.2, 0.25) is 0 Å². The highest BCUT2D eigenvalue weighted by Gasteiger charge is 2.58. The molecule has 0 bridgehead atoms. The van der Waals surface area contributed by atoms with Gasteiger partial charge in [0.1, 0.15) is 23.4 Å². The van der Waals surface area contributed by atoms with Crippen molar-refractivity contribution in [3.63, 3.8) is 0 Å². The third-order valence-electron chi connectivity index (χ3n) is 6.04. The van der Waals surface area contributed by atoms with Crippen LogP contribution in [0.2, 0.25) is 0 Å². The minimum absolute atomic E-state index is 0.0698. The van der Waals surface area contributed by atoms with Crippen LogP contribution in [0.15, 0.2) is 52.2 Å². The average molecular weight is 569 g/mol. The summed E-state index contributed by atoms with van der Waals surface area (Å²) in [7, 11) is -4.46. The zero-order chi connectivity index (χ0) is 29.0. The van der Waals surface area contributed by atoms with E-state index in [-0.39, 0.29) is 24.4 Å². The molecule has 0 aliphatic carbocycles. The van der Waals surface area contributed by atoms with Crippen LogP contribution in [0.1, 0.15) is 39.8 Å². The van der Waals surface area contributed by atoms with Crippen molar-refractivity contribution < 1.29 is 42.2 Å². The molecule has 15 heteroatoms. The maximum Gasteiger partial charge on any atom is 0.459 e. The van der Waals surface area contributed by atoms with Crippen LogP contribution >= 0.6 is 7.75 Å². The molecule has 1 aromatic heterocycles. The summed E-state index contributed by atoms with van der Waals surface area (Å²) in [6, 6.07) is 7.28. The van der Waals surface area contributed by atoms with E-state index in [0.29, 0.717) is 0 Å². The summed E-state index contributed by atoms with van der Waals surface area (Å²) in [5.74, 6) is -3.91. The van der Waals surface area contributed by atoms with Crippen molar-refractivity contribution in [3.8, 4) is 5.75 Å². The summed E-state index contributed by atoms with van der Waals surface area (Å²) in [4.78, 5) is 61.8. The molecule has 1 aliphatic rings. The number of nitrogens with zero attached hydrogens (tertiary/aromatic N) is 1. The number of aromatic nitrogens is 2. The summed E-state index contributed by atoms with van der Waals surface area (Å²) in [5.41, 5.74) is -4.28. The summed E-state index contributed by atoms with van der Waals surface area (Å²) in [5, 5.41) is 11.6. The Kier molecular flexibility index (Phi) is 9.38. The quantitative estimate of drug-likeness (QED) is 0.300. The number of Topliss-reactive ketones (excluding diaryl/α,β-unsaturated/α-hetero) is 2. The van der Waals surface area contributed by atoms with Crippen LogP contribution in [0, 0.1) is 5.92 Å². The van der Waals surface area contributed by atoms with E-state index in [2.05, 4.69) is 5.09 Å². The molecule has 6 atom stereocenters. The second kappa shape index (κ2) is 12.2. The van der Waals surface area contributed by atoms with E-state index in [9.17, 15) is 33.6 Å². The third kappa shape index (κ3) is 7.35. The van der Waals surface area contributed by atoms with Gasteiger partial charge < -0.3 is 19.2 Å². The van der Waals surface area contributed by atoms with Crippen molar-refractivity contribution >= 4 is 25.3 Å². The SMILES string of the molecule is CC(=O)CCC(=O)C1[C@@H](COP(=O)(NC(C)C(=O)O)Oc2ccccc2)O[C@@H](n2ccc(=O)[nH]c2=O)[C@]1(C)F. The van der Waals surface area contributed by atoms with Crippen LogP contribution in [0.5, 0.6) is 5.75 Å². The van der Waals surface area contributed by atoms with Crippen molar-refractivity contribution in [1.82, 2.24) is 14.6 Å². The lowest BCUT2D eigenvalue weighted by Gasteiger charge is -2.27. The second-order valence-corrected chi connectivity index (χ2v) is 10.9. The van der Waals surface area contributed by atoms with Crippen LogP contribution < -0.4 is 20.9 Å². The van der Waals surface area contributed by atoms with Gasteiger partial charge in [-0.25, -0.2) is 13.8 Å². The molecule has 1 aliphatic heterocycles. The number of ketones is 2. The van der Waals surface area contributed by atoms with E-state index >= 15 is 4.39 Å². The number of rotatable bonds is 13. The van der Waals surface area contributed by atoms with E-state index < -0.39 is 67.3 Å². The first-order valence-electron chi connectivity index (χ1n) is 11.9. The lowest BCUT2D eigenvalue weighted by Crippen LogP contribution is -2.44. The topological polar surface area (TPSA) is 183 Å². The molecule has 0 amide bonds. The molecule has 13 nitrogen and oxygen atoms in total. The summed E-state index contributed by atoms with van der Waals surface area (Å²) in [6.07, 6.45) is -2.65. The van der Waals surface area contributed by atoms with Gasteiger partial charge in [-0.1, -0.05) is 18.2 Å². The maximum atomic E-state index is 16.3. The molecule has 1 fully saturated rings. The standard InChI is InChI=1S/C24H29FN3O10P/c1-14(29)9-10-17(30)20-18(37-22(24(20,3)25)28-12-11-19(31)26-23(28)34)13-36-39(35,27-15(2)21(32)33)38-16-7-5-4-6-8-16/h4-8,11-12,15,18,20,22H,9-10,13H2,1-3H3,(H,27,35)(H,32,33)(H,26,31,34)/t15?,18-,20?,22-,24-,39?/m1/s1. The monoisotopic (exact) mass is 569 g/mol. The summed E-state index contributed by atoms with van der Waals surface area (Å²) >= 11 is 0. The Morgan fingerprint density at radius 1 is 1.23 bits per heavy atom. The lowest BCUT2D eigenvalue weighted by molar-refractivity contribution is -0.138. The third-order valence-corrected chi connectivity index (χ3v) is 7.68. The molecule has 39 heavy (non-hydrogen) atoms. The molecule has 3 unspecified atom stereocenters. The predicted octanol–water partition coefficient (Wildman–Crippen LogP) is 1.98. The number of aromatic amines is 1. The van der Waals surface area contributed by atoms with Crippen LogP contribution in [-0.4, -0.2) is 56.6 Å². The largest absolute Gasteiger partial charge is 0.480 e. The Morgan fingerprint density at radius 3 is 2.49 bits per heavy atom. The van der Waals surface area contributed by atoms with Gasteiger partial charge in [-0.15, -0.1) is 0 Å². The van der Waals surface area contributed by atoms with Crippen molar-refractivity contribution in [2.24, 2.45) is 5.92 Å². The highest BCUT2D eigenvalue weighted by Crippen LogP contribution is 2.49. The molecule has 1 aromatic carbocycles. The van der Waals surface area contributed by atoms with Crippen molar-refractivity contribution in [1.29, 1.82) is 0 Å². The molecule has 3 rings (SSSR count). The molecule has 1 saturated heterocycles. The maximum absolute atomic E-state index is 16.3. The van der Waals surface area contributed by atoms with Gasteiger partial charge >= 0.3 is 19.4 Å². The zero-order valence-electron chi connectivity index (χ0n) is 21.4. The fraction of sp³-hybridized carbons (Fsp3) is 0.458. The van der Waals surface area contributed by atoms with Crippen molar-refractivity contribution in [2.75, 3.05) is 6.61 Å². The molecular weight excluding hydrogens is 540 g/mol. The number of ether oxygens (including phenoxy) is 1. The van der Waals surface area contributed by atoms with E-state index in [4.69, 9.17) is 13.8 Å². The van der Waals surface area contributed by atoms with Crippen molar-refractivity contribution in [3.05, 3.63) is 63.4 Å². The van der Waals surface area contributed by atoms with Crippen LogP contribution in [-0.2, 0) is 28.2 Å². The number of H-pyrrole nitrogens is 1. The minimum Gasteiger partial charge on any atom is -0.480 e. The number of carboxylic acid groups (broad SMARTS) is 1. The molecule has 2 heterocycles. The lowest BCUT2D eigenvalue weighted by atomic mass is 9.82. The second-order valence-electron chi connectivity index (χ2n) is 9.23. The molecule has 0 radical (unpaired) electrons. The van der Waals surface area contributed by atoms with Gasteiger partial charge in [0.05, 0.1) is 18.6 Å². The molecular formula is C24H29FN3O10P. The van der Waals surface area contributed by atoms with Gasteiger partial charge in [0.25, 0.3) is 5.56 Å². The van der Waals surface area contributed by atoms with E-state index in [1.54, 1.807) is 18.2 Å². The predicted molar refractivity (Wildman–Crippen MR) is 134 cm³/mol. The van der Waals surface area contributed by atoms with E-state index in [0.717, 1.165) is 23.8 Å². The summed E-state index contributed by atoms with van der Waals surface area (Å²) in [6.45, 7) is 2.76. The Hall–Kier alpha value is -3.45. The Bertz CT molecular complexity index is 1380. The van der Waals surface area contributed by atoms with Gasteiger partial charge in [0, 0.05) is 25.1 Å². The number of halogens is 1. The van der Waals surface area contributed by atoms with Crippen molar-refractivity contribution in [2.45, 2.75) is 57.7 Å². The highest BCUT2D eigenvalue weighted by molar-refractivity contribution is 7.52. The normalized spacial score (nSPS) is 25.0. The molecule has 212 valence electrons. The van der Waals surface area contributed by atoms with Crippen LogP contribution in [0.4, 0.5) is 4.39 Å². The number of carboxylic acids is 1. The molecule has 3 N–H and O–H groups in total. The number of aliphatic carboxylic acids is 1. The number of hydrogen-bond acceptors (Lipinski definition) is 9. The van der Waals surface area contributed by atoms with E-state index in [1.165, 1.54) is 26.0 Å². The number of hydrogen-bond donors (Lipinski definition) is 3. The highest BCUT2D eigenvalue weighted by atomic mass is 31.2. The number of carbonyl (C=O) groups is 3. The van der Waals surface area contributed by atoms with Crippen LogP contribution in [0.3, 0.4) is 0 Å². The Balaban J connectivity index is 1.94. The molecule has 0 saturated carbocycles. The first kappa shape index (κ1) is 30.1. The first-order chi connectivity index (χ1) is 18.2. The van der Waals surface area contributed by atoms with Crippen LogP contribution in [0.25, 0.3) is 0 Å². The molecule has 2 aromatic rings. The number of alkyl halides is 1. The fourth-order valence-electron chi connectivity index (χ4n) is 4.13. The number of carbonyl (C=O) groups excluding carboxylic acids is 2. The minimum atomic E-state index is -4.46. The first-order valence-corrected chi connectivity index (χ1v) is 13.5. The number of benzene rings is 1. The van der Waals surface area contributed by atoms with Gasteiger partial charge in [-0.05, 0) is 32.9 Å². The Labute approximate surface area is 221 Å². The van der Waals surface area contributed by atoms with Gasteiger partial charge in [-0.2, -0.15) is 5.09 Å². The van der Waals surface area contributed by atoms with Gasteiger partial charge in [-0.3, -0.25) is 28.5 Å². The smallest absolute Gasteiger partial charge is 0.459 e. The van der Waals surface area contributed by atoms with Gasteiger partial charge in [0.15, 0.2) is 11.9 Å². The zero-order valence-corrected chi connectivity index (χ0v) is 22.3. The molecule has 0 spiro atoms. The fourth-order valence-corrected chi connectivity index (χ4v) is 5.64. The Morgan fingerprint density at radius 2 is 1.90 bits per heavy atom. The summed E-state index contributed by atoms with van der Waals surface area (Å²) < 4.78 is 47.2. The average Bonchev–Trinajstić information content (AvgIpc) is 3.11. The number of nitrogens with one attached hydrogen (secondary N) is 2.